The molecule has 1 N–H and O–H groups in total. The number of sulfonamides is 2. The number of carbonyl (C=O) groups excluding carboxylic acids is 1. The van der Waals surface area contributed by atoms with Gasteiger partial charge >= 0.3 is 6.18 Å². The predicted molar refractivity (Wildman–Crippen MR) is 143 cm³/mol. The Bertz CT molecular complexity index is 1560. The van der Waals surface area contributed by atoms with Crippen molar-refractivity contribution >= 4 is 54.6 Å². The van der Waals surface area contributed by atoms with Crippen LogP contribution in [0.25, 0.3) is 0 Å². The molecule has 2 heterocycles. The highest BCUT2D eigenvalue weighted by atomic mass is 35.5. The third kappa shape index (κ3) is 7.02. The summed E-state index contributed by atoms with van der Waals surface area (Å²) in [7, 11) is -8.20. The Balaban J connectivity index is 1.57. The van der Waals surface area contributed by atoms with Crippen molar-refractivity contribution in [3.05, 3.63) is 75.4 Å². The molecule has 9 nitrogen and oxygen atoms in total. The minimum absolute atomic E-state index is 0.0980. The normalized spacial score (nSPS) is 15.3. The van der Waals surface area contributed by atoms with E-state index in [0.717, 1.165) is 22.5 Å². The summed E-state index contributed by atoms with van der Waals surface area (Å²) in [6, 6.07) is 10.8. The van der Waals surface area contributed by atoms with Crippen LogP contribution in [-0.2, 0) is 42.3 Å². The number of anilines is 1. The van der Waals surface area contributed by atoms with Crippen LogP contribution >= 0.6 is 22.9 Å². The summed E-state index contributed by atoms with van der Waals surface area (Å²) in [5, 5.41) is 3.46. The molecular formula is C24H23ClF3N3O6S3. The second kappa shape index (κ2) is 12.1. The molecule has 1 saturated heterocycles. The molecule has 0 radical (unpaired) electrons. The smallest absolute Gasteiger partial charge is 0.379 e. The van der Waals surface area contributed by atoms with Crippen molar-refractivity contribution in [1.29, 1.82) is 0 Å². The number of carbonyl (C=O) groups is 1. The van der Waals surface area contributed by atoms with E-state index in [1.807, 2.05) is 0 Å². The summed E-state index contributed by atoms with van der Waals surface area (Å²) in [6.07, 6.45) is -4.76. The molecule has 0 atom stereocenters. The number of nitrogens with one attached hydrogen (secondary N) is 1. The summed E-state index contributed by atoms with van der Waals surface area (Å²) in [4.78, 5) is 13.1. The van der Waals surface area contributed by atoms with E-state index in [1.165, 1.54) is 33.8 Å². The van der Waals surface area contributed by atoms with Crippen LogP contribution < -0.4 is 5.32 Å². The van der Waals surface area contributed by atoms with Gasteiger partial charge in [-0.25, -0.2) is 16.8 Å². The minimum Gasteiger partial charge on any atom is -0.379 e. The van der Waals surface area contributed by atoms with Crippen molar-refractivity contribution in [1.82, 2.24) is 8.61 Å². The Hall–Kier alpha value is -2.53. The monoisotopic (exact) mass is 637 g/mol. The zero-order valence-electron chi connectivity index (χ0n) is 20.6. The van der Waals surface area contributed by atoms with Gasteiger partial charge in [0.15, 0.2) is 0 Å². The molecule has 0 spiro atoms. The van der Waals surface area contributed by atoms with Gasteiger partial charge in [0.05, 0.1) is 40.1 Å². The maximum Gasteiger partial charge on any atom is 0.417 e. The first-order chi connectivity index (χ1) is 18.8. The second-order valence-corrected chi connectivity index (χ2v) is 13.9. The predicted octanol–water partition coefficient (Wildman–Crippen LogP) is 4.27. The highest BCUT2D eigenvalue weighted by molar-refractivity contribution is 7.89. The number of halogens is 4. The molecule has 4 rings (SSSR count). The lowest BCUT2D eigenvalue weighted by Gasteiger charge is -2.26. The number of morpholine rings is 1. The Kier molecular flexibility index (Phi) is 9.24. The van der Waals surface area contributed by atoms with Crippen molar-refractivity contribution in [2.75, 3.05) is 38.2 Å². The van der Waals surface area contributed by atoms with Crippen LogP contribution in [0.5, 0.6) is 0 Å². The molecule has 0 unspecified atom stereocenters. The third-order valence-corrected chi connectivity index (χ3v) is 10.8. The molecule has 216 valence electrons. The van der Waals surface area contributed by atoms with Crippen LogP contribution in [0.3, 0.4) is 0 Å². The number of benzene rings is 2. The lowest BCUT2D eigenvalue weighted by Crippen LogP contribution is -2.40. The van der Waals surface area contributed by atoms with Gasteiger partial charge in [-0.3, -0.25) is 4.79 Å². The number of rotatable bonds is 9. The molecule has 0 saturated carbocycles. The van der Waals surface area contributed by atoms with Crippen LogP contribution in [-0.4, -0.2) is 64.2 Å². The van der Waals surface area contributed by atoms with Crippen molar-refractivity contribution in [3.63, 3.8) is 0 Å². The number of alkyl halides is 3. The van der Waals surface area contributed by atoms with Crippen LogP contribution in [0.15, 0.2) is 69.8 Å². The first kappa shape index (κ1) is 30.4. The van der Waals surface area contributed by atoms with Gasteiger partial charge in [0.2, 0.25) is 26.0 Å². The van der Waals surface area contributed by atoms with E-state index in [0.29, 0.717) is 10.9 Å². The quantitative estimate of drug-likeness (QED) is 0.375. The Morgan fingerprint density at radius 3 is 2.27 bits per heavy atom. The Labute approximate surface area is 238 Å². The van der Waals surface area contributed by atoms with Gasteiger partial charge in [-0.2, -0.15) is 21.8 Å². The zero-order valence-corrected chi connectivity index (χ0v) is 23.8. The SMILES string of the molecule is O=C(CN(Cc1cccs1)S(=O)(=O)c1ccc(S(=O)(=O)N2CCOCC2)cc1)Nc1ccc(Cl)c(C(F)(F)F)c1. The van der Waals surface area contributed by atoms with Gasteiger partial charge in [0.1, 0.15) is 0 Å². The molecule has 0 bridgehead atoms. The van der Waals surface area contributed by atoms with Gasteiger partial charge in [0, 0.05) is 30.2 Å². The van der Waals surface area contributed by atoms with Gasteiger partial charge in [0.25, 0.3) is 0 Å². The molecule has 1 aliphatic heterocycles. The fraction of sp³-hybridized carbons (Fsp3) is 0.292. The van der Waals surface area contributed by atoms with Crippen LogP contribution in [0.1, 0.15) is 10.4 Å². The van der Waals surface area contributed by atoms with Crippen LogP contribution in [0.2, 0.25) is 5.02 Å². The zero-order chi connectivity index (χ0) is 29.1. The topological polar surface area (TPSA) is 113 Å². The van der Waals surface area contributed by atoms with Crippen molar-refractivity contribution < 1.29 is 39.5 Å². The number of hydrogen-bond acceptors (Lipinski definition) is 7. The maximum atomic E-state index is 13.5. The molecule has 0 aliphatic carbocycles. The number of thiophene rings is 1. The number of amides is 1. The lowest BCUT2D eigenvalue weighted by molar-refractivity contribution is -0.137. The van der Waals surface area contributed by atoms with E-state index in [2.05, 4.69) is 5.32 Å². The second-order valence-electron chi connectivity index (χ2n) is 8.58. The molecule has 1 aliphatic rings. The lowest BCUT2D eigenvalue weighted by atomic mass is 10.2. The van der Waals surface area contributed by atoms with E-state index >= 15 is 0 Å². The van der Waals surface area contributed by atoms with E-state index in [9.17, 15) is 34.8 Å². The molecule has 1 fully saturated rings. The third-order valence-electron chi connectivity index (χ3n) is 5.86. The fourth-order valence-corrected chi connectivity index (χ4v) is 7.66. The standard InChI is InChI=1S/C24H23ClF3N3O6S3/c25-22-8-3-17(14-21(22)24(26,27)28)29-23(32)16-31(15-18-2-1-13-38-18)40(35,36)20-6-4-19(5-7-20)39(33,34)30-9-11-37-12-10-30/h1-8,13-14H,9-12,15-16H2,(H,29,32). The largest absolute Gasteiger partial charge is 0.417 e. The molecule has 1 amide bonds. The van der Waals surface area contributed by atoms with Crippen molar-refractivity contribution in [2.45, 2.75) is 22.5 Å². The molecule has 1 aromatic heterocycles. The van der Waals surface area contributed by atoms with E-state index in [-0.39, 0.29) is 48.3 Å². The average molecular weight is 638 g/mol. The van der Waals surface area contributed by atoms with Gasteiger partial charge in [-0.05, 0) is 53.9 Å². The van der Waals surface area contributed by atoms with E-state index in [4.69, 9.17) is 16.3 Å². The highest BCUT2D eigenvalue weighted by Crippen LogP contribution is 2.36. The molecule has 3 aromatic rings. The van der Waals surface area contributed by atoms with Crippen molar-refractivity contribution in [2.24, 2.45) is 0 Å². The van der Waals surface area contributed by atoms with E-state index in [1.54, 1.807) is 17.5 Å². The number of ether oxygens (including phenoxy) is 1. The first-order valence-corrected chi connectivity index (χ1v) is 15.8. The summed E-state index contributed by atoms with van der Waals surface area (Å²) < 4.78 is 99.8. The fourth-order valence-electron chi connectivity index (χ4n) is 3.85. The summed E-state index contributed by atoms with van der Waals surface area (Å²) in [5.41, 5.74) is -1.37. The first-order valence-electron chi connectivity index (χ1n) is 11.7. The van der Waals surface area contributed by atoms with Crippen molar-refractivity contribution in [3.8, 4) is 0 Å². The number of hydrogen-bond donors (Lipinski definition) is 1. The molecular weight excluding hydrogens is 615 g/mol. The average Bonchev–Trinajstić information content (AvgIpc) is 3.42. The van der Waals surface area contributed by atoms with Gasteiger partial charge < -0.3 is 10.1 Å². The van der Waals surface area contributed by atoms with E-state index < -0.39 is 49.3 Å². The molecule has 2 aromatic carbocycles. The van der Waals surface area contributed by atoms with Gasteiger partial charge in [-0.15, -0.1) is 11.3 Å². The minimum atomic E-state index is -4.76. The van der Waals surface area contributed by atoms with Crippen LogP contribution in [0, 0.1) is 0 Å². The number of nitrogens with zero attached hydrogens (tertiary/aromatic N) is 2. The summed E-state index contributed by atoms with van der Waals surface area (Å²) in [5.74, 6) is -0.887. The van der Waals surface area contributed by atoms with Gasteiger partial charge in [-0.1, -0.05) is 17.7 Å². The van der Waals surface area contributed by atoms with Crippen LogP contribution in [0.4, 0.5) is 18.9 Å². The Morgan fingerprint density at radius 1 is 1.02 bits per heavy atom. The Morgan fingerprint density at radius 2 is 1.68 bits per heavy atom. The maximum absolute atomic E-state index is 13.5. The molecule has 40 heavy (non-hydrogen) atoms. The highest BCUT2D eigenvalue weighted by Gasteiger charge is 2.34. The summed E-state index contributed by atoms with van der Waals surface area (Å²) in [6.45, 7) is -0.0833. The summed E-state index contributed by atoms with van der Waals surface area (Å²) >= 11 is 6.88. The molecule has 16 heteroatoms.